The molecule has 1 aliphatic carbocycles. The van der Waals surface area contributed by atoms with Crippen LogP contribution in [0.4, 0.5) is 0 Å². The molecule has 3 rings (SSSR count). The highest BCUT2D eigenvalue weighted by atomic mass is 16.5. The third kappa shape index (κ3) is 6.46. The maximum absolute atomic E-state index is 6.00. The number of nitrogens with one attached hydrogen (secondary N) is 2. The van der Waals surface area contributed by atoms with Gasteiger partial charge in [-0.2, -0.15) is 0 Å². The van der Waals surface area contributed by atoms with E-state index in [0.717, 1.165) is 76.4 Å². The SMILES string of the molecule is CCNC(=NCC1(CCOC)CCCC1)NCC(c1ccc(C)o1)N1CCOCC1. The number of hydrogen-bond acceptors (Lipinski definition) is 5. The fourth-order valence-electron chi connectivity index (χ4n) is 4.64. The Morgan fingerprint density at radius 3 is 2.63 bits per heavy atom. The third-order valence-electron chi connectivity index (χ3n) is 6.46. The Hall–Kier alpha value is -1.57. The van der Waals surface area contributed by atoms with Crippen molar-refractivity contribution in [2.75, 3.05) is 59.7 Å². The molecule has 2 fully saturated rings. The van der Waals surface area contributed by atoms with Crippen molar-refractivity contribution in [3.8, 4) is 0 Å². The highest BCUT2D eigenvalue weighted by Gasteiger charge is 2.33. The van der Waals surface area contributed by atoms with E-state index in [1.165, 1.54) is 25.7 Å². The minimum absolute atomic E-state index is 0.167. The van der Waals surface area contributed by atoms with Crippen LogP contribution in [0.2, 0.25) is 0 Å². The van der Waals surface area contributed by atoms with Crippen LogP contribution in [0.5, 0.6) is 0 Å². The van der Waals surface area contributed by atoms with Gasteiger partial charge in [-0.05, 0) is 50.7 Å². The van der Waals surface area contributed by atoms with Crippen molar-refractivity contribution >= 4 is 5.96 Å². The minimum Gasteiger partial charge on any atom is -0.465 e. The van der Waals surface area contributed by atoms with E-state index in [9.17, 15) is 0 Å². The van der Waals surface area contributed by atoms with Gasteiger partial charge in [0.2, 0.25) is 0 Å². The standard InChI is InChI=1S/C23H40N4O3/c1-4-24-22(26-18-23(11-14-28-3)9-5-6-10-23)25-17-20(21-8-7-19(2)30-21)27-12-15-29-16-13-27/h7-8,20H,4-6,9-18H2,1-3H3,(H2,24,25,26). The normalized spacial score (nSPS) is 21.0. The molecule has 1 aromatic heterocycles. The van der Waals surface area contributed by atoms with Crippen molar-refractivity contribution in [3.63, 3.8) is 0 Å². The molecular formula is C23H40N4O3. The van der Waals surface area contributed by atoms with Gasteiger partial charge in [-0.1, -0.05) is 12.8 Å². The van der Waals surface area contributed by atoms with Gasteiger partial charge in [0.25, 0.3) is 0 Å². The quantitative estimate of drug-likeness (QED) is 0.448. The highest BCUT2D eigenvalue weighted by Crippen LogP contribution is 2.41. The Balaban J connectivity index is 1.66. The lowest BCUT2D eigenvalue weighted by Gasteiger charge is -2.34. The second kappa shape index (κ2) is 11.7. The predicted octanol–water partition coefficient (Wildman–Crippen LogP) is 3.11. The van der Waals surface area contributed by atoms with Gasteiger partial charge in [-0.25, -0.2) is 0 Å². The molecule has 7 nitrogen and oxygen atoms in total. The van der Waals surface area contributed by atoms with Gasteiger partial charge in [0.1, 0.15) is 11.5 Å². The Labute approximate surface area is 181 Å². The predicted molar refractivity (Wildman–Crippen MR) is 120 cm³/mol. The van der Waals surface area contributed by atoms with Gasteiger partial charge in [-0.15, -0.1) is 0 Å². The molecule has 2 N–H and O–H groups in total. The molecule has 30 heavy (non-hydrogen) atoms. The molecule has 1 aliphatic heterocycles. The maximum Gasteiger partial charge on any atom is 0.191 e. The topological polar surface area (TPSA) is 71.3 Å². The highest BCUT2D eigenvalue weighted by molar-refractivity contribution is 5.79. The van der Waals surface area contributed by atoms with Crippen LogP contribution in [0.3, 0.4) is 0 Å². The van der Waals surface area contributed by atoms with Gasteiger partial charge < -0.3 is 24.5 Å². The number of nitrogens with zero attached hydrogens (tertiary/aromatic N) is 2. The molecule has 1 aromatic rings. The van der Waals surface area contributed by atoms with Gasteiger partial charge in [0.05, 0.1) is 19.3 Å². The van der Waals surface area contributed by atoms with E-state index >= 15 is 0 Å². The summed E-state index contributed by atoms with van der Waals surface area (Å²) in [6, 6.07) is 4.31. The average molecular weight is 421 g/mol. The Kier molecular flexibility index (Phi) is 9.03. The zero-order chi connectivity index (χ0) is 21.2. The number of furan rings is 1. The molecule has 2 aliphatic rings. The lowest BCUT2D eigenvalue weighted by atomic mass is 9.83. The van der Waals surface area contributed by atoms with Crippen LogP contribution in [0.25, 0.3) is 0 Å². The fraction of sp³-hybridized carbons (Fsp3) is 0.783. The van der Waals surface area contributed by atoms with Crippen LogP contribution in [-0.4, -0.2) is 70.5 Å². The monoisotopic (exact) mass is 420 g/mol. The van der Waals surface area contributed by atoms with Crippen molar-refractivity contribution < 1.29 is 13.9 Å². The van der Waals surface area contributed by atoms with Crippen LogP contribution in [0, 0.1) is 12.3 Å². The van der Waals surface area contributed by atoms with E-state index in [1.807, 2.05) is 13.0 Å². The van der Waals surface area contributed by atoms with Gasteiger partial charge in [0, 0.05) is 46.4 Å². The first-order chi connectivity index (χ1) is 14.7. The summed E-state index contributed by atoms with van der Waals surface area (Å²) >= 11 is 0. The van der Waals surface area contributed by atoms with Crippen LogP contribution < -0.4 is 10.6 Å². The van der Waals surface area contributed by atoms with E-state index < -0.39 is 0 Å². The average Bonchev–Trinajstić information content (AvgIpc) is 3.41. The summed E-state index contributed by atoms with van der Waals surface area (Å²) in [6.07, 6.45) is 6.21. The van der Waals surface area contributed by atoms with E-state index in [4.69, 9.17) is 18.9 Å². The first-order valence-corrected chi connectivity index (χ1v) is 11.5. The molecule has 1 saturated carbocycles. The molecule has 1 saturated heterocycles. The second-order valence-corrected chi connectivity index (χ2v) is 8.64. The fourth-order valence-corrected chi connectivity index (χ4v) is 4.64. The van der Waals surface area contributed by atoms with Crippen molar-refractivity contribution in [2.24, 2.45) is 10.4 Å². The largest absolute Gasteiger partial charge is 0.465 e. The van der Waals surface area contributed by atoms with Gasteiger partial charge in [0.15, 0.2) is 5.96 Å². The van der Waals surface area contributed by atoms with Crippen LogP contribution >= 0.6 is 0 Å². The molecule has 0 bridgehead atoms. The lowest BCUT2D eigenvalue weighted by molar-refractivity contribution is 0.0124. The summed E-state index contributed by atoms with van der Waals surface area (Å²) in [6.45, 7) is 10.8. The number of morpholine rings is 1. The van der Waals surface area contributed by atoms with E-state index in [2.05, 4.69) is 28.5 Å². The molecule has 0 aromatic carbocycles. The zero-order valence-corrected chi connectivity index (χ0v) is 19.0. The summed E-state index contributed by atoms with van der Waals surface area (Å²) in [5, 5.41) is 7.02. The van der Waals surface area contributed by atoms with E-state index in [0.29, 0.717) is 5.41 Å². The van der Waals surface area contributed by atoms with Crippen molar-refractivity contribution in [1.29, 1.82) is 0 Å². The summed E-state index contributed by atoms with van der Waals surface area (Å²) in [5.41, 5.74) is 0.292. The summed E-state index contributed by atoms with van der Waals surface area (Å²) in [4.78, 5) is 7.44. The number of hydrogen-bond donors (Lipinski definition) is 2. The Morgan fingerprint density at radius 1 is 1.23 bits per heavy atom. The van der Waals surface area contributed by atoms with Crippen LogP contribution in [0.1, 0.15) is 56.6 Å². The van der Waals surface area contributed by atoms with Crippen LogP contribution in [-0.2, 0) is 9.47 Å². The molecule has 7 heteroatoms. The molecular weight excluding hydrogens is 380 g/mol. The maximum atomic E-state index is 6.00. The number of methoxy groups -OCH3 is 1. The number of aliphatic imine (C=N–C) groups is 1. The smallest absolute Gasteiger partial charge is 0.191 e. The Morgan fingerprint density at radius 2 is 2.00 bits per heavy atom. The number of ether oxygens (including phenoxy) is 2. The Bertz CT molecular complexity index is 649. The van der Waals surface area contributed by atoms with Gasteiger partial charge in [-0.3, -0.25) is 9.89 Å². The third-order valence-corrected chi connectivity index (χ3v) is 6.46. The van der Waals surface area contributed by atoms with Crippen LogP contribution in [0.15, 0.2) is 21.5 Å². The van der Waals surface area contributed by atoms with E-state index in [1.54, 1.807) is 7.11 Å². The molecule has 0 radical (unpaired) electrons. The first kappa shape index (κ1) is 23.1. The summed E-state index contributed by atoms with van der Waals surface area (Å²) in [5.74, 6) is 2.85. The molecule has 1 unspecified atom stereocenters. The molecule has 0 amide bonds. The molecule has 1 atom stereocenters. The van der Waals surface area contributed by atoms with Crippen molar-refractivity contribution in [3.05, 3.63) is 23.7 Å². The van der Waals surface area contributed by atoms with E-state index in [-0.39, 0.29) is 6.04 Å². The molecule has 0 spiro atoms. The van der Waals surface area contributed by atoms with Gasteiger partial charge >= 0.3 is 0 Å². The van der Waals surface area contributed by atoms with Crippen molar-refractivity contribution in [1.82, 2.24) is 15.5 Å². The van der Waals surface area contributed by atoms with Crippen molar-refractivity contribution in [2.45, 2.75) is 52.0 Å². The minimum atomic E-state index is 0.167. The number of guanidine groups is 1. The zero-order valence-electron chi connectivity index (χ0n) is 19.0. The summed E-state index contributed by atoms with van der Waals surface area (Å²) < 4.78 is 16.9. The molecule has 170 valence electrons. The summed E-state index contributed by atoms with van der Waals surface area (Å²) in [7, 11) is 1.79. The molecule has 2 heterocycles. The lowest BCUT2D eigenvalue weighted by Crippen LogP contribution is -2.46. The first-order valence-electron chi connectivity index (χ1n) is 11.5. The number of rotatable bonds is 10. The second-order valence-electron chi connectivity index (χ2n) is 8.64. The number of aryl methyl sites for hydroxylation is 1.